The normalized spacial score (nSPS) is 13.2. The van der Waals surface area contributed by atoms with Crippen molar-refractivity contribution in [3.05, 3.63) is 11.7 Å². The molecule has 0 aromatic carbocycles. The van der Waals surface area contributed by atoms with Gasteiger partial charge in [0.15, 0.2) is 5.82 Å². The summed E-state index contributed by atoms with van der Waals surface area (Å²) in [7, 11) is 0. The predicted molar refractivity (Wildman–Crippen MR) is 72.6 cm³/mol. The Labute approximate surface area is 110 Å². The first-order valence-corrected chi connectivity index (χ1v) is 6.96. The van der Waals surface area contributed by atoms with E-state index in [1.54, 1.807) is 0 Å². The summed E-state index contributed by atoms with van der Waals surface area (Å²) in [5.74, 6) is 1.55. The van der Waals surface area contributed by atoms with Gasteiger partial charge in [-0.1, -0.05) is 25.9 Å². The maximum absolute atomic E-state index is 5.26. The van der Waals surface area contributed by atoms with Crippen LogP contribution in [0.5, 0.6) is 0 Å². The van der Waals surface area contributed by atoms with Crippen molar-refractivity contribution in [1.29, 1.82) is 0 Å². The van der Waals surface area contributed by atoms with Gasteiger partial charge >= 0.3 is 0 Å². The van der Waals surface area contributed by atoms with Crippen LogP contribution in [0.4, 0.5) is 0 Å². The van der Waals surface area contributed by atoms with Crippen LogP contribution < -0.4 is 5.32 Å². The van der Waals surface area contributed by atoms with Gasteiger partial charge in [0.05, 0.1) is 0 Å². The van der Waals surface area contributed by atoms with E-state index in [-0.39, 0.29) is 0 Å². The van der Waals surface area contributed by atoms with E-state index in [0.717, 1.165) is 50.7 Å². The van der Waals surface area contributed by atoms with Gasteiger partial charge in [0.25, 0.3) is 0 Å². The molecule has 0 aliphatic carbocycles. The number of hydrogen-bond donors (Lipinski definition) is 1. The Kier molecular flexibility index (Phi) is 6.90. The molecule has 1 atom stereocenters. The Balaban J connectivity index is 2.38. The molecular formula is C13H26N4O. The van der Waals surface area contributed by atoms with Gasteiger partial charge in [-0.15, -0.1) is 0 Å². The van der Waals surface area contributed by atoms with Crippen LogP contribution in [0.15, 0.2) is 4.52 Å². The molecule has 18 heavy (non-hydrogen) atoms. The standard InChI is InChI=1S/C13H26N4O/c1-5-14-11(4)10-13-15-12(16-18-13)8-9-17(6-2)7-3/h11,14H,5-10H2,1-4H3. The highest BCUT2D eigenvalue weighted by Gasteiger charge is 2.10. The van der Waals surface area contributed by atoms with Crippen molar-refractivity contribution in [1.82, 2.24) is 20.4 Å². The molecule has 1 aromatic rings. The fourth-order valence-corrected chi connectivity index (χ4v) is 1.96. The van der Waals surface area contributed by atoms with Crippen LogP contribution in [0, 0.1) is 0 Å². The van der Waals surface area contributed by atoms with E-state index in [4.69, 9.17) is 4.52 Å². The topological polar surface area (TPSA) is 54.2 Å². The summed E-state index contributed by atoms with van der Waals surface area (Å²) in [5, 5.41) is 7.37. The van der Waals surface area contributed by atoms with E-state index < -0.39 is 0 Å². The van der Waals surface area contributed by atoms with Gasteiger partial charge in [0.2, 0.25) is 5.89 Å². The second-order valence-electron chi connectivity index (χ2n) is 4.54. The summed E-state index contributed by atoms with van der Waals surface area (Å²) in [6.45, 7) is 12.7. The third-order valence-electron chi connectivity index (χ3n) is 3.09. The van der Waals surface area contributed by atoms with Crippen LogP contribution in [-0.4, -0.2) is 47.3 Å². The number of rotatable bonds is 9. The Morgan fingerprint density at radius 3 is 2.61 bits per heavy atom. The summed E-state index contributed by atoms with van der Waals surface area (Å²) >= 11 is 0. The number of aromatic nitrogens is 2. The lowest BCUT2D eigenvalue weighted by Crippen LogP contribution is -2.27. The molecule has 0 fully saturated rings. The van der Waals surface area contributed by atoms with Crippen LogP contribution in [0.1, 0.15) is 39.4 Å². The van der Waals surface area contributed by atoms with E-state index >= 15 is 0 Å². The highest BCUT2D eigenvalue weighted by molar-refractivity contribution is 4.89. The zero-order valence-electron chi connectivity index (χ0n) is 12.1. The molecule has 1 N–H and O–H groups in total. The Morgan fingerprint density at radius 1 is 1.28 bits per heavy atom. The lowest BCUT2D eigenvalue weighted by Gasteiger charge is -2.16. The van der Waals surface area contributed by atoms with Crippen molar-refractivity contribution < 1.29 is 4.52 Å². The molecule has 1 rings (SSSR count). The van der Waals surface area contributed by atoms with Crippen molar-refractivity contribution >= 4 is 0 Å². The number of nitrogens with one attached hydrogen (secondary N) is 1. The smallest absolute Gasteiger partial charge is 0.228 e. The maximum Gasteiger partial charge on any atom is 0.228 e. The first kappa shape index (κ1) is 15.1. The third kappa shape index (κ3) is 5.14. The highest BCUT2D eigenvalue weighted by Crippen LogP contribution is 2.03. The number of nitrogens with zero attached hydrogens (tertiary/aromatic N) is 3. The summed E-state index contributed by atoms with van der Waals surface area (Å²) in [6.07, 6.45) is 1.66. The van der Waals surface area contributed by atoms with Crippen LogP contribution in [0.2, 0.25) is 0 Å². The third-order valence-corrected chi connectivity index (χ3v) is 3.09. The van der Waals surface area contributed by atoms with E-state index in [9.17, 15) is 0 Å². The summed E-state index contributed by atoms with van der Waals surface area (Å²) < 4.78 is 5.26. The molecule has 5 nitrogen and oxygen atoms in total. The minimum absolute atomic E-state index is 0.381. The molecule has 104 valence electrons. The van der Waals surface area contributed by atoms with E-state index in [1.807, 2.05) is 0 Å². The van der Waals surface area contributed by atoms with Crippen LogP contribution >= 0.6 is 0 Å². The zero-order valence-corrected chi connectivity index (χ0v) is 12.1. The predicted octanol–water partition coefficient (Wildman–Crippen LogP) is 1.49. The molecule has 0 aliphatic heterocycles. The lowest BCUT2D eigenvalue weighted by molar-refractivity contribution is 0.302. The average Bonchev–Trinajstić information content (AvgIpc) is 2.78. The molecule has 1 unspecified atom stereocenters. The summed E-state index contributed by atoms with van der Waals surface area (Å²) in [5.41, 5.74) is 0. The molecule has 0 spiro atoms. The largest absolute Gasteiger partial charge is 0.339 e. The monoisotopic (exact) mass is 254 g/mol. The molecule has 0 aliphatic rings. The van der Waals surface area contributed by atoms with Crippen molar-refractivity contribution in [2.45, 2.75) is 46.6 Å². The van der Waals surface area contributed by atoms with Crippen molar-refractivity contribution in [3.63, 3.8) is 0 Å². The van der Waals surface area contributed by atoms with E-state index in [1.165, 1.54) is 0 Å². The fourth-order valence-electron chi connectivity index (χ4n) is 1.96. The molecule has 0 radical (unpaired) electrons. The van der Waals surface area contributed by atoms with Gasteiger partial charge in [-0.25, -0.2) is 0 Å². The second-order valence-corrected chi connectivity index (χ2v) is 4.54. The van der Waals surface area contributed by atoms with Gasteiger partial charge in [0.1, 0.15) is 0 Å². The molecule has 0 saturated heterocycles. The molecule has 0 amide bonds. The van der Waals surface area contributed by atoms with Gasteiger partial charge in [-0.2, -0.15) is 4.98 Å². The Morgan fingerprint density at radius 2 is 2.00 bits per heavy atom. The maximum atomic E-state index is 5.26. The fraction of sp³-hybridized carbons (Fsp3) is 0.846. The first-order valence-electron chi connectivity index (χ1n) is 6.96. The van der Waals surface area contributed by atoms with Crippen molar-refractivity contribution in [2.75, 3.05) is 26.2 Å². The van der Waals surface area contributed by atoms with Gasteiger partial charge in [-0.05, 0) is 26.6 Å². The molecule has 0 saturated carbocycles. The van der Waals surface area contributed by atoms with Gasteiger partial charge in [-0.3, -0.25) is 0 Å². The van der Waals surface area contributed by atoms with Crippen molar-refractivity contribution in [2.24, 2.45) is 0 Å². The highest BCUT2D eigenvalue weighted by atomic mass is 16.5. The van der Waals surface area contributed by atoms with Crippen LogP contribution in [0.25, 0.3) is 0 Å². The molecule has 0 bridgehead atoms. The summed E-state index contributed by atoms with van der Waals surface area (Å²) in [6, 6.07) is 0.381. The number of likely N-dealkylation sites (N-methyl/N-ethyl adjacent to an activating group) is 2. The SMILES string of the molecule is CCNC(C)Cc1nc(CCN(CC)CC)no1. The Bertz CT molecular complexity index is 323. The second kappa shape index (κ2) is 8.21. The van der Waals surface area contributed by atoms with Crippen LogP contribution in [-0.2, 0) is 12.8 Å². The Hall–Kier alpha value is -0.940. The van der Waals surface area contributed by atoms with Gasteiger partial charge in [0, 0.05) is 25.4 Å². The van der Waals surface area contributed by atoms with Crippen molar-refractivity contribution in [3.8, 4) is 0 Å². The zero-order chi connectivity index (χ0) is 13.4. The van der Waals surface area contributed by atoms with Gasteiger partial charge < -0.3 is 14.7 Å². The molecule has 1 aromatic heterocycles. The lowest BCUT2D eigenvalue weighted by atomic mass is 10.2. The molecule has 1 heterocycles. The van der Waals surface area contributed by atoms with E-state index in [2.05, 4.69) is 48.1 Å². The molecular weight excluding hydrogens is 228 g/mol. The summed E-state index contributed by atoms with van der Waals surface area (Å²) in [4.78, 5) is 6.79. The van der Waals surface area contributed by atoms with Crippen LogP contribution in [0.3, 0.4) is 0 Å². The molecule has 5 heteroatoms. The minimum Gasteiger partial charge on any atom is -0.339 e. The average molecular weight is 254 g/mol. The minimum atomic E-state index is 0.381. The van der Waals surface area contributed by atoms with E-state index in [0.29, 0.717) is 6.04 Å². The number of hydrogen-bond acceptors (Lipinski definition) is 5. The quantitative estimate of drug-likeness (QED) is 0.723. The first-order chi connectivity index (χ1) is 8.69.